The lowest BCUT2D eigenvalue weighted by Gasteiger charge is -2.32. The first-order valence-electron chi connectivity index (χ1n) is 10.5. The monoisotopic (exact) mass is 392 g/mol. The van der Waals surface area contributed by atoms with Crippen LogP contribution in [0, 0.1) is 5.41 Å². The number of fused-ring (bicyclic) bond motifs is 2. The zero-order valence-corrected chi connectivity index (χ0v) is 18.2. The fourth-order valence-electron chi connectivity index (χ4n) is 4.61. The number of benzene rings is 1. The summed E-state index contributed by atoms with van der Waals surface area (Å²) in [6.07, 6.45) is 8.68. The summed E-state index contributed by atoms with van der Waals surface area (Å²) in [6, 6.07) is 8.81. The summed E-state index contributed by atoms with van der Waals surface area (Å²) in [4.78, 5) is 0. The van der Waals surface area contributed by atoms with E-state index in [1.807, 2.05) is 0 Å². The summed E-state index contributed by atoms with van der Waals surface area (Å²) in [5, 5.41) is 3.62. The molecule has 0 aliphatic heterocycles. The van der Waals surface area contributed by atoms with Crippen molar-refractivity contribution in [3.8, 4) is 0 Å². The summed E-state index contributed by atoms with van der Waals surface area (Å²) in [6.45, 7) is 8.47. The first kappa shape index (κ1) is 20.7. The van der Waals surface area contributed by atoms with Gasteiger partial charge in [-0.1, -0.05) is 25.5 Å². The molecule has 2 fully saturated rings. The molecule has 2 N–H and O–H groups in total. The van der Waals surface area contributed by atoms with Gasteiger partial charge in [0.25, 0.3) is 0 Å². The van der Waals surface area contributed by atoms with Gasteiger partial charge in [-0.05, 0) is 88.8 Å². The first-order valence-corrected chi connectivity index (χ1v) is 11.9. The van der Waals surface area contributed by atoms with Gasteiger partial charge in [0.15, 0.2) is 0 Å². The van der Waals surface area contributed by atoms with E-state index in [0.717, 1.165) is 45.1 Å². The van der Waals surface area contributed by atoms with Gasteiger partial charge in [-0.25, -0.2) is 13.1 Å². The van der Waals surface area contributed by atoms with Gasteiger partial charge in [-0.15, -0.1) is 0 Å². The Bertz CT molecular complexity index is 740. The van der Waals surface area contributed by atoms with Gasteiger partial charge in [0.1, 0.15) is 0 Å². The molecule has 0 unspecified atom stereocenters. The van der Waals surface area contributed by atoms with Crippen molar-refractivity contribution < 1.29 is 8.42 Å². The van der Waals surface area contributed by atoms with Gasteiger partial charge in [0.2, 0.25) is 10.0 Å². The van der Waals surface area contributed by atoms with Crippen LogP contribution < -0.4 is 10.0 Å². The molecule has 1 aromatic rings. The maximum Gasteiger partial charge on any atom is 0.217 e. The predicted molar refractivity (Wildman–Crippen MR) is 114 cm³/mol. The van der Waals surface area contributed by atoms with Crippen LogP contribution in [0.1, 0.15) is 78.2 Å². The summed E-state index contributed by atoms with van der Waals surface area (Å²) >= 11 is 0. The fourth-order valence-corrected chi connectivity index (χ4v) is 5.76. The molecule has 2 bridgehead atoms. The van der Waals surface area contributed by atoms with E-state index >= 15 is 0 Å². The Labute approximate surface area is 165 Å². The average molecular weight is 393 g/mol. The summed E-state index contributed by atoms with van der Waals surface area (Å²) < 4.78 is 27.6. The molecule has 27 heavy (non-hydrogen) atoms. The number of anilines is 1. The van der Waals surface area contributed by atoms with Gasteiger partial charge in [0, 0.05) is 17.8 Å². The lowest BCUT2D eigenvalue weighted by atomic mass is 9.84. The van der Waals surface area contributed by atoms with Crippen LogP contribution in [-0.2, 0) is 16.4 Å². The van der Waals surface area contributed by atoms with Crippen molar-refractivity contribution in [1.82, 2.24) is 4.72 Å². The van der Waals surface area contributed by atoms with Gasteiger partial charge in [-0.2, -0.15) is 0 Å². The second-order valence-electron chi connectivity index (χ2n) is 9.83. The molecule has 5 heteroatoms. The van der Waals surface area contributed by atoms with Crippen LogP contribution in [0.4, 0.5) is 5.69 Å². The van der Waals surface area contributed by atoms with Crippen molar-refractivity contribution in [1.29, 1.82) is 0 Å². The Kier molecular flexibility index (Phi) is 5.66. The Hall–Kier alpha value is -1.07. The molecule has 2 aliphatic rings. The lowest BCUT2D eigenvalue weighted by Crippen LogP contribution is -2.51. The van der Waals surface area contributed by atoms with Crippen LogP contribution in [0.5, 0.6) is 0 Å². The Morgan fingerprint density at radius 1 is 1.04 bits per heavy atom. The number of unbranched alkanes of at least 4 members (excludes halogenated alkanes) is 1. The van der Waals surface area contributed by atoms with E-state index in [0.29, 0.717) is 0 Å². The SMILES string of the molecule is CCCCc1ccc(NC[C@]23CC[C@](NS(=O)(=O)C(C)(C)C)(CC2)C3)cc1. The van der Waals surface area contributed by atoms with Gasteiger partial charge >= 0.3 is 0 Å². The molecule has 0 spiro atoms. The van der Waals surface area contributed by atoms with Crippen molar-refractivity contribution >= 4 is 15.7 Å². The zero-order valence-electron chi connectivity index (χ0n) is 17.4. The van der Waals surface area contributed by atoms with Crippen LogP contribution in [-0.4, -0.2) is 25.2 Å². The average Bonchev–Trinajstić information content (AvgIpc) is 3.13. The Morgan fingerprint density at radius 2 is 1.67 bits per heavy atom. The maximum atomic E-state index is 12.7. The zero-order chi connectivity index (χ0) is 19.8. The first-order chi connectivity index (χ1) is 12.6. The van der Waals surface area contributed by atoms with Crippen LogP contribution in [0.25, 0.3) is 0 Å². The summed E-state index contributed by atoms with van der Waals surface area (Å²) in [5.74, 6) is 0. The van der Waals surface area contributed by atoms with E-state index in [-0.39, 0.29) is 11.0 Å². The largest absolute Gasteiger partial charge is 0.384 e. The van der Waals surface area contributed by atoms with Crippen LogP contribution in [0.15, 0.2) is 24.3 Å². The maximum absolute atomic E-state index is 12.7. The highest BCUT2D eigenvalue weighted by Crippen LogP contribution is 2.56. The highest BCUT2D eigenvalue weighted by Gasteiger charge is 2.56. The molecule has 2 saturated carbocycles. The molecule has 0 heterocycles. The molecule has 0 saturated heterocycles. The van der Waals surface area contributed by atoms with Gasteiger partial charge in [-0.3, -0.25) is 0 Å². The molecular weight excluding hydrogens is 356 g/mol. The van der Waals surface area contributed by atoms with Gasteiger partial charge in [0.05, 0.1) is 4.75 Å². The number of nitrogens with one attached hydrogen (secondary N) is 2. The fraction of sp³-hybridized carbons (Fsp3) is 0.727. The van der Waals surface area contributed by atoms with E-state index in [9.17, 15) is 8.42 Å². The third-order valence-electron chi connectivity index (χ3n) is 6.58. The van der Waals surface area contributed by atoms with Crippen molar-refractivity contribution in [2.45, 2.75) is 89.3 Å². The third kappa shape index (κ3) is 4.51. The second kappa shape index (κ2) is 7.40. The predicted octanol–water partition coefficient (Wildman–Crippen LogP) is 4.86. The molecule has 1 aromatic carbocycles. The van der Waals surface area contributed by atoms with E-state index in [1.54, 1.807) is 20.8 Å². The number of hydrogen-bond donors (Lipinski definition) is 2. The highest BCUT2D eigenvalue weighted by molar-refractivity contribution is 7.90. The highest BCUT2D eigenvalue weighted by atomic mass is 32.2. The number of hydrogen-bond acceptors (Lipinski definition) is 3. The molecular formula is C22H36N2O2S. The van der Waals surface area contributed by atoms with Crippen LogP contribution in [0.3, 0.4) is 0 Å². The van der Waals surface area contributed by atoms with E-state index < -0.39 is 14.8 Å². The summed E-state index contributed by atoms with van der Waals surface area (Å²) in [5.41, 5.74) is 2.57. The lowest BCUT2D eigenvalue weighted by molar-refractivity contribution is 0.310. The quantitative estimate of drug-likeness (QED) is 0.664. The van der Waals surface area contributed by atoms with Gasteiger partial charge < -0.3 is 5.32 Å². The number of sulfonamides is 1. The molecule has 152 valence electrons. The Morgan fingerprint density at radius 3 is 2.22 bits per heavy atom. The second-order valence-corrected chi connectivity index (χ2v) is 12.3. The van der Waals surface area contributed by atoms with Crippen LogP contribution >= 0.6 is 0 Å². The minimum Gasteiger partial charge on any atom is -0.384 e. The van der Waals surface area contributed by atoms with E-state index in [4.69, 9.17) is 0 Å². The normalized spacial score (nSPS) is 27.9. The van der Waals surface area contributed by atoms with Crippen molar-refractivity contribution in [3.63, 3.8) is 0 Å². The molecule has 3 rings (SSSR count). The topological polar surface area (TPSA) is 58.2 Å². The third-order valence-corrected chi connectivity index (χ3v) is 8.89. The van der Waals surface area contributed by atoms with Crippen molar-refractivity contribution in [2.24, 2.45) is 5.41 Å². The van der Waals surface area contributed by atoms with E-state index in [2.05, 4.69) is 41.2 Å². The minimum absolute atomic E-state index is 0.223. The number of rotatable bonds is 8. The Balaban J connectivity index is 1.58. The number of aryl methyl sites for hydroxylation is 1. The molecule has 2 aliphatic carbocycles. The van der Waals surface area contributed by atoms with Crippen molar-refractivity contribution in [3.05, 3.63) is 29.8 Å². The molecule has 0 atom stereocenters. The minimum atomic E-state index is -3.30. The summed E-state index contributed by atoms with van der Waals surface area (Å²) in [7, 11) is -3.30. The molecule has 0 amide bonds. The van der Waals surface area contributed by atoms with Crippen molar-refractivity contribution in [2.75, 3.05) is 11.9 Å². The smallest absolute Gasteiger partial charge is 0.217 e. The molecule has 4 nitrogen and oxygen atoms in total. The standard InChI is InChI=1S/C22H36N2O2S/c1-5-6-7-18-8-10-19(11-9-18)23-17-21-12-14-22(16-21,15-13-21)24-27(25,26)20(2,3)4/h8-11,23-24H,5-7,12-17H2,1-4H3/t21-,22+. The van der Waals surface area contributed by atoms with Crippen LogP contribution in [0.2, 0.25) is 0 Å². The molecule has 0 radical (unpaired) electrons. The molecule has 0 aromatic heterocycles. The van der Waals surface area contributed by atoms with E-state index in [1.165, 1.54) is 24.1 Å².